The third-order valence-corrected chi connectivity index (χ3v) is 8.10. The minimum atomic E-state index is -3.62. The lowest BCUT2D eigenvalue weighted by Gasteiger charge is -2.26. The lowest BCUT2D eigenvalue weighted by atomic mass is 9.96. The smallest absolute Gasteiger partial charge is 0.243 e. The van der Waals surface area contributed by atoms with Gasteiger partial charge in [0.05, 0.1) is 31.3 Å². The Labute approximate surface area is 197 Å². The summed E-state index contributed by atoms with van der Waals surface area (Å²) in [6.45, 7) is 9.62. The number of amides is 1. The molecule has 2 aromatic rings. The second-order valence-corrected chi connectivity index (χ2v) is 10.5. The fraction of sp³-hybridized carbons (Fsp3) is 0.480. The van der Waals surface area contributed by atoms with Gasteiger partial charge in [-0.2, -0.15) is 4.31 Å². The van der Waals surface area contributed by atoms with Gasteiger partial charge in [0.15, 0.2) is 0 Å². The predicted molar refractivity (Wildman–Crippen MR) is 128 cm³/mol. The van der Waals surface area contributed by atoms with E-state index in [2.05, 4.69) is 38.2 Å². The topological polar surface area (TPSA) is 84.9 Å². The van der Waals surface area contributed by atoms with Crippen molar-refractivity contribution < 1.29 is 22.7 Å². The molecular formula is C25H34N2O5S. The van der Waals surface area contributed by atoms with E-state index in [4.69, 9.17) is 9.47 Å². The van der Waals surface area contributed by atoms with E-state index < -0.39 is 10.0 Å². The average molecular weight is 475 g/mol. The van der Waals surface area contributed by atoms with E-state index in [1.54, 1.807) is 25.3 Å². The molecule has 3 rings (SSSR count). The number of rotatable bonds is 8. The molecule has 1 saturated heterocycles. The number of ether oxygens (including phenoxy) is 2. The van der Waals surface area contributed by atoms with Crippen LogP contribution in [0.5, 0.6) is 5.75 Å². The van der Waals surface area contributed by atoms with Crippen molar-refractivity contribution in [3.8, 4) is 5.75 Å². The molecule has 1 heterocycles. The number of morpholine rings is 1. The maximum atomic E-state index is 13.0. The number of nitrogens with zero attached hydrogens (tertiary/aromatic N) is 1. The first kappa shape index (κ1) is 25.2. The van der Waals surface area contributed by atoms with E-state index in [1.807, 2.05) is 6.92 Å². The van der Waals surface area contributed by atoms with Gasteiger partial charge < -0.3 is 14.8 Å². The molecule has 0 spiro atoms. The van der Waals surface area contributed by atoms with E-state index in [0.29, 0.717) is 44.0 Å². The van der Waals surface area contributed by atoms with Gasteiger partial charge in [0.2, 0.25) is 15.9 Å². The number of benzene rings is 2. The van der Waals surface area contributed by atoms with Crippen LogP contribution in [-0.2, 0) is 26.0 Å². The van der Waals surface area contributed by atoms with Crippen LogP contribution >= 0.6 is 0 Å². The number of methoxy groups -OCH3 is 1. The van der Waals surface area contributed by atoms with Gasteiger partial charge in [0, 0.05) is 19.5 Å². The Kier molecular flexibility index (Phi) is 8.15. The molecule has 33 heavy (non-hydrogen) atoms. The van der Waals surface area contributed by atoms with Crippen LogP contribution in [0, 0.1) is 20.8 Å². The normalized spacial score (nSPS) is 15.8. The van der Waals surface area contributed by atoms with Gasteiger partial charge in [0.25, 0.3) is 0 Å². The third kappa shape index (κ3) is 5.93. The van der Waals surface area contributed by atoms with Crippen molar-refractivity contribution in [2.24, 2.45) is 0 Å². The SMILES string of the molecule is COc1ccc(S(=O)(=O)N2CCOCC2)cc1CCC(=O)N[C@H](C)c1cc(C)c(C)cc1C. The summed E-state index contributed by atoms with van der Waals surface area (Å²) < 4.78 is 38.1. The third-order valence-electron chi connectivity index (χ3n) is 6.21. The summed E-state index contributed by atoms with van der Waals surface area (Å²) in [6.07, 6.45) is 0.603. The van der Waals surface area contributed by atoms with Gasteiger partial charge in [0.1, 0.15) is 5.75 Å². The number of nitrogens with one attached hydrogen (secondary N) is 1. The molecule has 1 amide bonds. The highest BCUT2D eigenvalue weighted by molar-refractivity contribution is 7.89. The zero-order valence-electron chi connectivity index (χ0n) is 20.1. The first-order valence-corrected chi connectivity index (χ1v) is 12.7. The van der Waals surface area contributed by atoms with Crippen LogP contribution in [0.1, 0.15) is 47.2 Å². The Bertz CT molecular complexity index is 1110. The van der Waals surface area contributed by atoms with E-state index in [1.165, 1.54) is 15.4 Å². The highest BCUT2D eigenvalue weighted by Gasteiger charge is 2.27. The van der Waals surface area contributed by atoms with Crippen LogP contribution in [-0.4, -0.2) is 52.0 Å². The molecule has 1 aliphatic rings. The molecule has 1 fully saturated rings. The fourth-order valence-electron chi connectivity index (χ4n) is 4.14. The molecule has 1 atom stereocenters. The van der Waals surface area contributed by atoms with Crippen LogP contribution in [0.4, 0.5) is 0 Å². The zero-order chi connectivity index (χ0) is 24.2. The van der Waals surface area contributed by atoms with Crippen LogP contribution in [0.2, 0.25) is 0 Å². The molecule has 1 N–H and O–H groups in total. The number of carbonyl (C=O) groups excluding carboxylic acids is 1. The fourth-order valence-corrected chi connectivity index (χ4v) is 5.59. The Balaban J connectivity index is 1.70. The van der Waals surface area contributed by atoms with E-state index in [-0.39, 0.29) is 23.3 Å². The number of sulfonamides is 1. The van der Waals surface area contributed by atoms with Crippen molar-refractivity contribution in [2.75, 3.05) is 33.4 Å². The second kappa shape index (κ2) is 10.7. The standard InChI is InChI=1S/C25H34N2O5S/c1-17-14-19(3)23(15-18(17)2)20(4)26-25(28)9-6-21-16-22(7-8-24(21)31-5)33(29,30)27-10-12-32-13-11-27/h7-8,14-16,20H,6,9-13H2,1-5H3,(H,26,28)/t20-/m1/s1. The predicted octanol–water partition coefficient (Wildman–Crippen LogP) is 3.45. The average Bonchev–Trinajstić information content (AvgIpc) is 2.80. The van der Waals surface area contributed by atoms with Crippen LogP contribution in [0.3, 0.4) is 0 Å². The highest BCUT2D eigenvalue weighted by Crippen LogP contribution is 2.27. The Hall–Kier alpha value is -2.42. The van der Waals surface area contributed by atoms with Crippen molar-refractivity contribution in [1.29, 1.82) is 0 Å². The molecule has 0 aromatic heterocycles. The molecular weight excluding hydrogens is 440 g/mol. The number of hydrogen-bond donors (Lipinski definition) is 1. The van der Waals surface area contributed by atoms with Crippen molar-refractivity contribution in [1.82, 2.24) is 9.62 Å². The Morgan fingerprint density at radius 1 is 1.09 bits per heavy atom. The maximum Gasteiger partial charge on any atom is 0.243 e. The van der Waals surface area contributed by atoms with Crippen LogP contribution in [0.15, 0.2) is 35.2 Å². The summed E-state index contributed by atoms with van der Waals surface area (Å²) in [5, 5.41) is 3.07. The molecule has 0 radical (unpaired) electrons. The van der Waals surface area contributed by atoms with Crippen molar-refractivity contribution >= 4 is 15.9 Å². The molecule has 8 heteroatoms. The molecule has 7 nitrogen and oxygen atoms in total. The molecule has 2 aromatic carbocycles. The van der Waals surface area contributed by atoms with Crippen LogP contribution < -0.4 is 10.1 Å². The van der Waals surface area contributed by atoms with E-state index in [9.17, 15) is 13.2 Å². The van der Waals surface area contributed by atoms with Crippen molar-refractivity contribution in [3.05, 3.63) is 58.1 Å². The van der Waals surface area contributed by atoms with Gasteiger partial charge in [-0.3, -0.25) is 4.79 Å². The second-order valence-electron chi connectivity index (χ2n) is 8.57. The minimum absolute atomic E-state index is 0.0939. The van der Waals surface area contributed by atoms with E-state index >= 15 is 0 Å². The first-order valence-electron chi connectivity index (χ1n) is 11.3. The lowest BCUT2D eigenvalue weighted by Crippen LogP contribution is -2.40. The monoisotopic (exact) mass is 474 g/mol. The Morgan fingerprint density at radius 3 is 2.42 bits per heavy atom. The molecule has 0 bridgehead atoms. The van der Waals surface area contributed by atoms with Gasteiger partial charge in [-0.05, 0) is 80.1 Å². The van der Waals surface area contributed by atoms with Crippen LogP contribution in [0.25, 0.3) is 0 Å². The van der Waals surface area contributed by atoms with Crippen molar-refractivity contribution in [2.45, 2.75) is 51.5 Å². The maximum absolute atomic E-state index is 13.0. The van der Waals surface area contributed by atoms with E-state index in [0.717, 1.165) is 11.1 Å². The summed E-state index contributed by atoms with van der Waals surface area (Å²) in [4.78, 5) is 12.9. The van der Waals surface area contributed by atoms with Crippen molar-refractivity contribution in [3.63, 3.8) is 0 Å². The van der Waals surface area contributed by atoms with Gasteiger partial charge in [-0.15, -0.1) is 0 Å². The lowest BCUT2D eigenvalue weighted by molar-refractivity contribution is -0.121. The summed E-state index contributed by atoms with van der Waals surface area (Å²) in [5.41, 5.74) is 5.36. The molecule has 0 saturated carbocycles. The highest BCUT2D eigenvalue weighted by atomic mass is 32.2. The summed E-state index contributed by atoms with van der Waals surface area (Å²) in [6, 6.07) is 8.97. The zero-order valence-corrected chi connectivity index (χ0v) is 20.9. The number of aryl methyl sites for hydroxylation is 4. The summed E-state index contributed by atoms with van der Waals surface area (Å²) >= 11 is 0. The first-order chi connectivity index (χ1) is 15.6. The molecule has 0 unspecified atom stereocenters. The van der Waals surface area contributed by atoms with Gasteiger partial charge in [-0.1, -0.05) is 12.1 Å². The van der Waals surface area contributed by atoms with Gasteiger partial charge in [-0.25, -0.2) is 8.42 Å². The number of hydrogen-bond acceptors (Lipinski definition) is 5. The number of carbonyl (C=O) groups is 1. The molecule has 0 aliphatic carbocycles. The Morgan fingerprint density at radius 2 is 1.76 bits per heavy atom. The largest absolute Gasteiger partial charge is 0.496 e. The summed E-state index contributed by atoms with van der Waals surface area (Å²) in [5.74, 6) is 0.477. The summed E-state index contributed by atoms with van der Waals surface area (Å²) in [7, 11) is -2.08. The molecule has 180 valence electrons. The quantitative estimate of drug-likeness (QED) is 0.633. The van der Waals surface area contributed by atoms with Gasteiger partial charge >= 0.3 is 0 Å². The molecule has 1 aliphatic heterocycles. The minimum Gasteiger partial charge on any atom is -0.496 e.